The molecule has 0 radical (unpaired) electrons. The molecule has 0 unspecified atom stereocenters. The summed E-state index contributed by atoms with van der Waals surface area (Å²) in [4.78, 5) is 11.6. The number of aromatic nitrogens is 1. The van der Waals surface area contributed by atoms with E-state index in [0.29, 0.717) is 16.9 Å². The molecule has 1 spiro atoms. The molecular formula is C13H15N3O. The summed E-state index contributed by atoms with van der Waals surface area (Å²) < 4.78 is 1.68. The van der Waals surface area contributed by atoms with Crippen molar-refractivity contribution >= 4 is 0 Å². The molecule has 1 aliphatic carbocycles. The standard InChI is InChI=1S/C13H15N3O/c14-5-10-1-2-12(17)16(6-10)7-11-3-13(4-11)8-15-9-13/h1-2,6,11,15H,3-4,7-9H2. The first-order chi connectivity index (χ1) is 8.21. The molecule has 3 rings (SSSR count). The maximum Gasteiger partial charge on any atom is 0.250 e. The smallest absolute Gasteiger partial charge is 0.250 e. The molecule has 1 saturated heterocycles. The van der Waals surface area contributed by atoms with Crippen LogP contribution in [-0.2, 0) is 6.54 Å². The van der Waals surface area contributed by atoms with Gasteiger partial charge in [0.15, 0.2) is 0 Å². The van der Waals surface area contributed by atoms with Crippen LogP contribution >= 0.6 is 0 Å². The van der Waals surface area contributed by atoms with Crippen LogP contribution in [0, 0.1) is 22.7 Å². The van der Waals surface area contributed by atoms with Gasteiger partial charge in [0.1, 0.15) is 6.07 Å². The van der Waals surface area contributed by atoms with E-state index in [4.69, 9.17) is 5.26 Å². The van der Waals surface area contributed by atoms with E-state index >= 15 is 0 Å². The van der Waals surface area contributed by atoms with Crippen LogP contribution in [0.25, 0.3) is 0 Å². The largest absolute Gasteiger partial charge is 0.316 e. The quantitative estimate of drug-likeness (QED) is 0.813. The highest BCUT2D eigenvalue weighted by Crippen LogP contribution is 2.48. The SMILES string of the molecule is N#Cc1ccc(=O)n(CC2CC3(CNC3)C2)c1. The minimum atomic E-state index is -0.00307. The molecule has 2 heterocycles. The highest BCUT2D eigenvalue weighted by molar-refractivity contribution is 5.24. The fourth-order valence-electron chi connectivity index (χ4n) is 3.08. The Labute approximate surface area is 99.9 Å². The van der Waals surface area contributed by atoms with E-state index in [0.717, 1.165) is 19.6 Å². The highest BCUT2D eigenvalue weighted by atomic mass is 16.1. The van der Waals surface area contributed by atoms with Crippen LogP contribution in [0.2, 0.25) is 0 Å². The van der Waals surface area contributed by atoms with Crippen LogP contribution in [0.1, 0.15) is 18.4 Å². The van der Waals surface area contributed by atoms with Gasteiger partial charge >= 0.3 is 0 Å². The van der Waals surface area contributed by atoms with E-state index in [1.54, 1.807) is 16.8 Å². The predicted octanol–water partition coefficient (Wildman–Crippen LogP) is 0.720. The zero-order valence-corrected chi connectivity index (χ0v) is 9.65. The number of nitriles is 1. The number of nitrogens with zero attached hydrogens (tertiary/aromatic N) is 2. The second kappa shape index (κ2) is 3.71. The average Bonchev–Trinajstić information content (AvgIpc) is 2.22. The molecule has 0 atom stereocenters. The molecule has 4 heteroatoms. The van der Waals surface area contributed by atoms with Crippen molar-refractivity contribution in [3.8, 4) is 6.07 Å². The summed E-state index contributed by atoms with van der Waals surface area (Å²) in [6.45, 7) is 3.03. The summed E-state index contributed by atoms with van der Waals surface area (Å²) in [5.41, 5.74) is 1.10. The number of hydrogen-bond donors (Lipinski definition) is 1. The van der Waals surface area contributed by atoms with E-state index in [2.05, 4.69) is 11.4 Å². The van der Waals surface area contributed by atoms with E-state index < -0.39 is 0 Å². The monoisotopic (exact) mass is 229 g/mol. The summed E-state index contributed by atoms with van der Waals surface area (Å²) in [5, 5.41) is 12.1. The normalized spacial score (nSPS) is 21.6. The molecule has 1 aliphatic heterocycles. The van der Waals surface area contributed by atoms with Gasteiger partial charge < -0.3 is 9.88 Å². The van der Waals surface area contributed by atoms with Crippen molar-refractivity contribution in [2.24, 2.45) is 11.3 Å². The molecule has 4 nitrogen and oxygen atoms in total. The third-order valence-corrected chi connectivity index (χ3v) is 4.01. The molecule has 2 aliphatic rings. The lowest BCUT2D eigenvalue weighted by atomic mass is 9.58. The molecule has 0 bridgehead atoms. The lowest BCUT2D eigenvalue weighted by molar-refractivity contribution is -0.00755. The molecule has 1 saturated carbocycles. The first-order valence-corrected chi connectivity index (χ1v) is 6.02. The van der Waals surface area contributed by atoms with E-state index in [-0.39, 0.29) is 5.56 Å². The number of rotatable bonds is 2. The average molecular weight is 229 g/mol. The van der Waals surface area contributed by atoms with Crippen LogP contribution in [0.3, 0.4) is 0 Å². The van der Waals surface area contributed by atoms with Gasteiger partial charge in [-0.15, -0.1) is 0 Å². The van der Waals surface area contributed by atoms with Crippen LogP contribution in [0.4, 0.5) is 0 Å². The Balaban J connectivity index is 1.69. The first kappa shape index (κ1) is 10.5. The van der Waals surface area contributed by atoms with Crippen molar-refractivity contribution in [2.75, 3.05) is 13.1 Å². The fraction of sp³-hybridized carbons (Fsp3) is 0.538. The molecule has 1 aromatic rings. The Bertz CT molecular complexity index is 528. The van der Waals surface area contributed by atoms with Crippen molar-refractivity contribution in [1.82, 2.24) is 9.88 Å². The van der Waals surface area contributed by atoms with E-state index in [9.17, 15) is 4.79 Å². The molecule has 2 fully saturated rings. The number of nitrogens with one attached hydrogen (secondary N) is 1. The van der Waals surface area contributed by atoms with Gasteiger partial charge in [-0.1, -0.05) is 0 Å². The summed E-state index contributed by atoms with van der Waals surface area (Å²) in [7, 11) is 0. The second-order valence-electron chi connectivity index (χ2n) is 5.40. The maximum absolute atomic E-state index is 11.6. The minimum absolute atomic E-state index is 0.00307. The summed E-state index contributed by atoms with van der Waals surface area (Å²) in [6, 6.07) is 5.14. The van der Waals surface area contributed by atoms with Gasteiger partial charge in [0.2, 0.25) is 0 Å². The number of pyridine rings is 1. The Kier molecular flexibility index (Phi) is 2.30. The van der Waals surface area contributed by atoms with Gasteiger partial charge in [-0.05, 0) is 30.2 Å². The Morgan fingerprint density at radius 3 is 2.82 bits per heavy atom. The van der Waals surface area contributed by atoms with Crippen LogP contribution in [0.15, 0.2) is 23.1 Å². The molecular weight excluding hydrogens is 214 g/mol. The van der Waals surface area contributed by atoms with Gasteiger partial charge in [-0.25, -0.2) is 0 Å². The molecule has 1 N–H and O–H groups in total. The van der Waals surface area contributed by atoms with Crippen molar-refractivity contribution < 1.29 is 0 Å². The molecule has 0 aromatic carbocycles. The molecule has 1 aromatic heterocycles. The molecule has 17 heavy (non-hydrogen) atoms. The van der Waals surface area contributed by atoms with Crippen LogP contribution < -0.4 is 10.9 Å². The third kappa shape index (κ3) is 1.77. The zero-order chi connectivity index (χ0) is 11.9. The predicted molar refractivity (Wildman–Crippen MR) is 63.4 cm³/mol. The topological polar surface area (TPSA) is 57.8 Å². The first-order valence-electron chi connectivity index (χ1n) is 6.02. The van der Waals surface area contributed by atoms with Gasteiger partial charge in [0.05, 0.1) is 5.56 Å². The van der Waals surface area contributed by atoms with Crippen molar-refractivity contribution in [3.63, 3.8) is 0 Å². The zero-order valence-electron chi connectivity index (χ0n) is 9.65. The minimum Gasteiger partial charge on any atom is -0.316 e. The van der Waals surface area contributed by atoms with Gasteiger partial charge in [0, 0.05) is 31.9 Å². The fourth-order valence-corrected chi connectivity index (χ4v) is 3.08. The summed E-state index contributed by atoms with van der Waals surface area (Å²) >= 11 is 0. The summed E-state index contributed by atoms with van der Waals surface area (Å²) in [6.07, 6.45) is 4.10. The van der Waals surface area contributed by atoms with Crippen LogP contribution in [0.5, 0.6) is 0 Å². The van der Waals surface area contributed by atoms with Gasteiger partial charge in [0.25, 0.3) is 5.56 Å². The highest BCUT2D eigenvalue weighted by Gasteiger charge is 2.48. The Morgan fingerprint density at radius 1 is 1.47 bits per heavy atom. The number of hydrogen-bond acceptors (Lipinski definition) is 3. The van der Waals surface area contributed by atoms with Crippen molar-refractivity contribution in [3.05, 3.63) is 34.2 Å². The molecule has 0 amide bonds. The van der Waals surface area contributed by atoms with Crippen LogP contribution in [-0.4, -0.2) is 17.7 Å². The van der Waals surface area contributed by atoms with E-state index in [1.807, 2.05) is 0 Å². The second-order valence-corrected chi connectivity index (χ2v) is 5.40. The van der Waals surface area contributed by atoms with Crippen molar-refractivity contribution in [2.45, 2.75) is 19.4 Å². The lowest BCUT2D eigenvalue weighted by Gasteiger charge is -2.54. The maximum atomic E-state index is 11.6. The van der Waals surface area contributed by atoms with Gasteiger partial charge in [-0.2, -0.15) is 5.26 Å². The summed E-state index contributed by atoms with van der Waals surface area (Å²) in [5.74, 6) is 0.601. The molecule has 88 valence electrons. The Morgan fingerprint density at radius 2 is 2.24 bits per heavy atom. The Hall–Kier alpha value is -1.60. The van der Waals surface area contributed by atoms with E-state index in [1.165, 1.54) is 18.9 Å². The van der Waals surface area contributed by atoms with Crippen molar-refractivity contribution in [1.29, 1.82) is 5.26 Å². The lowest BCUT2D eigenvalue weighted by Crippen LogP contribution is -2.60. The van der Waals surface area contributed by atoms with Gasteiger partial charge in [-0.3, -0.25) is 4.79 Å². The third-order valence-electron chi connectivity index (χ3n) is 4.01.